The summed E-state index contributed by atoms with van der Waals surface area (Å²) in [6.07, 6.45) is -2.95. The molecule has 1 aliphatic heterocycles. The Balaban J connectivity index is 1.47. The fraction of sp³-hybridized carbons (Fsp3) is 0.345. The molecule has 11 heteroatoms. The number of ether oxygens (including phenoxy) is 1. The van der Waals surface area contributed by atoms with Crippen LogP contribution in [-0.2, 0) is 6.42 Å². The first-order valence-corrected chi connectivity index (χ1v) is 13.1. The fourth-order valence-electron chi connectivity index (χ4n) is 4.86. The van der Waals surface area contributed by atoms with Crippen molar-refractivity contribution < 1.29 is 27.4 Å². The lowest BCUT2D eigenvalue weighted by Gasteiger charge is -2.23. The minimum absolute atomic E-state index is 0.0793. The molecule has 0 spiro atoms. The third-order valence-electron chi connectivity index (χ3n) is 6.98. The van der Waals surface area contributed by atoms with Crippen molar-refractivity contribution in [2.24, 2.45) is 0 Å². The Hall–Kier alpha value is -3.83. The summed E-state index contributed by atoms with van der Waals surface area (Å²) in [4.78, 5) is 13.5. The van der Waals surface area contributed by atoms with Crippen LogP contribution in [0.2, 0.25) is 0 Å². The highest BCUT2D eigenvalue weighted by Crippen LogP contribution is 2.38. The number of alkyl halides is 3. The van der Waals surface area contributed by atoms with Gasteiger partial charge in [0.2, 0.25) is 11.8 Å². The van der Waals surface area contributed by atoms with Crippen LogP contribution in [0, 0.1) is 12.7 Å². The number of pyridine rings is 1. The third kappa shape index (κ3) is 6.15. The van der Waals surface area contributed by atoms with Crippen molar-refractivity contribution in [2.45, 2.75) is 50.9 Å². The van der Waals surface area contributed by atoms with Crippen molar-refractivity contribution in [3.05, 3.63) is 71.8 Å². The molecule has 0 aliphatic carbocycles. The standard InChI is InChI=1S/C29H29F4N5O2/c1-17-6-7-19-20(9-11-25(39)29(31,32)33)23(30)10-8-21(19)26(17)40-27-22(5-3-14-35-27)24-12-15-36-28(38-24)37-18-4-2-13-34-16-18/h3,5-8,10,12,14-15,18,25,34,39H,2,4,9,11,13,16H2,1H3,(H,36,37,38)/t18-,25-/m0/s1. The second kappa shape index (κ2) is 11.7. The Morgan fingerprint density at radius 1 is 1.10 bits per heavy atom. The molecule has 1 saturated heterocycles. The number of rotatable bonds is 8. The number of hydrogen-bond donors (Lipinski definition) is 3. The number of anilines is 1. The van der Waals surface area contributed by atoms with Gasteiger partial charge in [0, 0.05) is 30.4 Å². The van der Waals surface area contributed by atoms with Crippen LogP contribution < -0.4 is 15.4 Å². The number of nitrogens with one attached hydrogen (secondary N) is 2. The number of aryl methyl sites for hydroxylation is 2. The van der Waals surface area contributed by atoms with Gasteiger partial charge in [-0.3, -0.25) is 0 Å². The first-order chi connectivity index (χ1) is 19.2. The number of nitrogens with zero attached hydrogens (tertiary/aromatic N) is 3. The number of halogens is 4. The van der Waals surface area contributed by atoms with Crippen molar-refractivity contribution in [2.75, 3.05) is 18.4 Å². The van der Waals surface area contributed by atoms with E-state index in [1.807, 2.05) is 13.0 Å². The van der Waals surface area contributed by atoms with Gasteiger partial charge in [-0.15, -0.1) is 0 Å². The number of aromatic nitrogens is 3. The Kier molecular flexibility index (Phi) is 8.13. The molecule has 0 radical (unpaired) electrons. The lowest BCUT2D eigenvalue weighted by Crippen LogP contribution is -2.38. The van der Waals surface area contributed by atoms with Crippen LogP contribution in [-0.4, -0.2) is 51.5 Å². The highest BCUT2D eigenvalue weighted by molar-refractivity contribution is 5.92. The zero-order chi connectivity index (χ0) is 28.3. The van der Waals surface area contributed by atoms with E-state index >= 15 is 0 Å². The molecule has 0 saturated carbocycles. The maximum absolute atomic E-state index is 14.8. The van der Waals surface area contributed by atoms with E-state index in [1.165, 1.54) is 12.1 Å². The summed E-state index contributed by atoms with van der Waals surface area (Å²) in [6.45, 7) is 3.64. The SMILES string of the molecule is Cc1ccc2c(CC[C@H](O)C(F)(F)F)c(F)ccc2c1Oc1ncccc1-c1ccnc(N[C@H]2CCCNC2)n1. The molecule has 2 aromatic carbocycles. The van der Waals surface area contributed by atoms with E-state index < -0.39 is 24.5 Å². The van der Waals surface area contributed by atoms with Gasteiger partial charge < -0.3 is 20.5 Å². The van der Waals surface area contributed by atoms with Crippen LogP contribution >= 0.6 is 0 Å². The summed E-state index contributed by atoms with van der Waals surface area (Å²) in [7, 11) is 0. The summed E-state index contributed by atoms with van der Waals surface area (Å²) in [5, 5.41) is 17.1. The molecule has 4 aromatic rings. The van der Waals surface area contributed by atoms with Crippen LogP contribution in [0.15, 0.2) is 54.9 Å². The number of aliphatic hydroxyl groups excluding tert-OH is 1. The van der Waals surface area contributed by atoms with Crippen molar-refractivity contribution >= 4 is 16.7 Å². The van der Waals surface area contributed by atoms with E-state index in [-0.39, 0.29) is 23.9 Å². The Labute approximate surface area is 228 Å². The van der Waals surface area contributed by atoms with Crippen LogP contribution in [0.5, 0.6) is 11.6 Å². The van der Waals surface area contributed by atoms with Gasteiger partial charge in [-0.2, -0.15) is 13.2 Å². The minimum Gasteiger partial charge on any atom is -0.437 e. The largest absolute Gasteiger partial charge is 0.437 e. The van der Waals surface area contributed by atoms with Gasteiger partial charge in [0.25, 0.3) is 0 Å². The van der Waals surface area contributed by atoms with Crippen LogP contribution in [0.4, 0.5) is 23.5 Å². The summed E-state index contributed by atoms with van der Waals surface area (Å²) in [6, 6.07) is 11.7. The van der Waals surface area contributed by atoms with Crippen LogP contribution in [0.3, 0.4) is 0 Å². The third-order valence-corrected chi connectivity index (χ3v) is 6.98. The molecule has 2 aromatic heterocycles. The number of benzene rings is 2. The molecule has 3 N–H and O–H groups in total. The highest BCUT2D eigenvalue weighted by Gasteiger charge is 2.37. The highest BCUT2D eigenvalue weighted by atomic mass is 19.4. The molecular weight excluding hydrogens is 526 g/mol. The minimum atomic E-state index is -4.77. The molecule has 3 heterocycles. The molecule has 0 amide bonds. The predicted molar refractivity (Wildman–Crippen MR) is 144 cm³/mol. The van der Waals surface area contributed by atoms with Gasteiger partial charge in [0.1, 0.15) is 17.7 Å². The van der Waals surface area contributed by atoms with Gasteiger partial charge in [0.15, 0.2) is 0 Å². The predicted octanol–water partition coefficient (Wildman–Crippen LogP) is 5.95. The second-order valence-electron chi connectivity index (χ2n) is 9.84. The summed E-state index contributed by atoms with van der Waals surface area (Å²) >= 11 is 0. The van der Waals surface area contributed by atoms with Crippen molar-refractivity contribution in [3.63, 3.8) is 0 Å². The van der Waals surface area contributed by atoms with Crippen molar-refractivity contribution in [1.29, 1.82) is 0 Å². The number of aliphatic hydroxyl groups is 1. The smallest absolute Gasteiger partial charge is 0.414 e. The van der Waals surface area contributed by atoms with Crippen molar-refractivity contribution in [1.82, 2.24) is 20.3 Å². The molecule has 40 heavy (non-hydrogen) atoms. The van der Waals surface area contributed by atoms with E-state index in [2.05, 4.69) is 25.6 Å². The molecular formula is C29H29F4N5O2. The van der Waals surface area contributed by atoms with Gasteiger partial charge in [-0.25, -0.2) is 19.3 Å². The number of piperidine rings is 1. The lowest BCUT2D eigenvalue weighted by molar-refractivity contribution is -0.205. The Morgan fingerprint density at radius 3 is 2.70 bits per heavy atom. The van der Waals surface area contributed by atoms with Gasteiger partial charge in [-0.1, -0.05) is 12.1 Å². The first-order valence-electron chi connectivity index (χ1n) is 13.1. The van der Waals surface area contributed by atoms with E-state index in [9.17, 15) is 22.7 Å². The molecule has 210 valence electrons. The zero-order valence-corrected chi connectivity index (χ0v) is 21.8. The molecule has 1 fully saturated rings. The average Bonchev–Trinajstić information content (AvgIpc) is 2.94. The molecule has 5 rings (SSSR count). The molecule has 1 aliphatic rings. The maximum atomic E-state index is 14.8. The first kappa shape index (κ1) is 27.7. The van der Waals surface area contributed by atoms with E-state index in [4.69, 9.17) is 4.74 Å². The second-order valence-corrected chi connectivity index (χ2v) is 9.84. The van der Waals surface area contributed by atoms with E-state index in [1.54, 1.807) is 36.7 Å². The summed E-state index contributed by atoms with van der Waals surface area (Å²) in [5.41, 5.74) is 2.01. The summed E-state index contributed by atoms with van der Waals surface area (Å²) < 4.78 is 59.7. The molecule has 2 atom stereocenters. The molecule has 7 nitrogen and oxygen atoms in total. The van der Waals surface area contributed by atoms with E-state index in [0.717, 1.165) is 31.5 Å². The number of hydrogen-bond acceptors (Lipinski definition) is 7. The zero-order valence-electron chi connectivity index (χ0n) is 21.8. The Bertz CT molecular complexity index is 1490. The topological polar surface area (TPSA) is 92.2 Å². The van der Waals surface area contributed by atoms with Crippen LogP contribution in [0.25, 0.3) is 22.0 Å². The van der Waals surface area contributed by atoms with Gasteiger partial charge >= 0.3 is 6.18 Å². The Morgan fingerprint density at radius 2 is 1.93 bits per heavy atom. The quantitative estimate of drug-likeness (QED) is 0.231. The lowest BCUT2D eigenvalue weighted by atomic mass is 9.96. The average molecular weight is 556 g/mol. The van der Waals surface area contributed by atoms with E-state index in [0.29, 0.717) is 33.7 Å². The molecule has 0 bridgehead atoms. The summed E-state index contributed by atoms with van der Waals surface area (Å²) in [5.74, 6) is 0.504. The number of fused-ring (bicyclic) bond motifs is 1. The monoisotopic (exact) mass is 555 g/mol. The maximum Gasteiger partial charge on any atom is 0.414 e. The van der Waals surface area contributed by atoms with Crippen molar-refractivity contribution in [3.8, 4) is 22.9 Å². The fourth-order valence-corrected chi connectivity index (χ4v) is 4.86. The normalized spacial score (nSPS) is 16.6. The van der Waals surface area contributed by atoms with Crippen LogP contribution in [0.1, 0.15) is 30.4 Å². The van der Waals surface area contributed by atoms with Gasteiger partial charge in [0.05, 0.1) is 11.3 Å². The van der Waals surface area contributed by atoms with Gasteiger partial charge in [-0.05, 0) is 86.0 Å². The molecule has 0 unspecified atom stereocenters.